The van der Waals surface area contributed by atoms with E-state index < -0.39 is 30.9 Å². The fraction of sp³-hybridized carbons (Fsp3) is 0.429. The SMILES string of the molecule is CCCCCCCCCc1ccccc1Oc1cc(S(=O)(=O)O)ccc1O.CCCCCCCCCc1ccccc1Oc1cc(S(=O)(=O)[O-])ccc1[O-].[Ca+2]. The Labute approximate surface area is 357 Å². The van der Waals surface area contributed by atoms with Crippen molar-refractivity contribution in [2.75, 3.05) is 0 Å². The molecule has 0 amide bonds. The van der Waals surface area contributed by atoms with Crippen LogP contribution in [0.2, 0.25) is 0 Å². The summed E-state index contributed by atoms with van der Waals surface area (Å²) in [4.78, 5) is -0.790. The standard InChI is InChI=1S/2C21H28O5S.Ca/c2*1-2-3-4-5-6-7-8-11-17-12-9-10-13-20(17)26-21-16-18(27(23,24)25)14-15-19(21)22;/h2*9-10,12-16,22H,2-8,11H2,1H3,(H,23,24,25);/q;;+2/p-2. The minimum Gasteiger partial charge on any atom is -0.870 e. The molecule has 0 saturated carbocycles. The van der Waals surface area contributed by atoms with Crippen molar-refractivity contribution in [2.24, 2.45) is 0 Å². The van der Waals surface area contributed by atoms with Crippen LogP contribution in [0.4, 0.5) is 0 Å². The van der Waals surface area contributed by atoms with Gasteiger partial charge in [0, 0.05) is 6.07 Å². The number of benzene rings is 4. The van der Waals surface area contributed by atoms with E-state index in [2.05, 4.69) is 13.8 Å². The Hall–Kier alpha value is -2.84. The normalized spacial score (nSPS) is 11.3. The van der Waals surface area contributed by atoms with E-state index in [1.165, 1.54) is 70.3 Å². The molecule has 0 aromatic heterocycles. The van der Waals surface area contributed by atoms with E-state index in [0.29, 0.717) is 11.5 Å². The van der Waals surface area contributed by atoms with Gasteiger partial charge in [-0.25, -0.2) is 8.42 Å². The van der Waals surface area contributed by atoms with Gasteiger partial charge in [0.05, 0.1) is 9.79 Å². The Morgan fingerprint density at radius 1 is 0.545 bits per heavy atom. The van der Waals surface area contributed by atoms with Crippen LogP contribution in [0.1, 0.15) is 115 Å². The number of phenols is 1. The summed E-state index contributed by atoms with van der Waals surface area (Å²) in [5, 5.41) is 21.9. The van der Waals surface area contributed by atoms with Gasteiger partial charge in [-0.05, 0) is 73.2 Å². The largest absolute Gasteiger partial charge is 2.00 e. The van der Waals surface area contributed by atoms with Crippen molar-refractivity contribution in [1.82, 2.24) is 0 Å². The Bertz CT molecular complexity index is 1810. The molecule has 4 aromatic carbocycles. The maximum absolute atomic E-state index is 12.0. The number of rotatable bonds is 22. The molecule has 10 nitrogen and oxygen atoms in total. The minimum atomic E-state index is -4.64. The number of phenolic OH excluding ortho intramolecular Hbond substituents is 1. The van der Waals surface area contributed by atoms with Crippen molar-refractivity contribution in [1.29, 1.82) is 0 Å². The van der Waals surface area contributed by atoms with Gasteiger partial charge >= 0.3 is 37.7 Å². The molecule has 0 aliphatic heterocycles. The van der Waals surface area contributed by atoms with E-state index in [1.807, 2.05) is 30.3 Å². The fourth-order valence-corrected chi connectivity index (χ4v) is 6.84. The number of hydrogen-bond acceptors (Lipinski definition) is 9. The van der Waals surface area contributed by atoms with Crippen LogP contribution in [0.25, 0.3) is 0 Å². The van der Waals surface area contributed by atoms with Crippen LogP contribution in [0.5, 0.6) is 34.5 Å². The van der Waals surface area contributed by atoms with Crippen molar-refractivity contribution in [3.05, 3.63) is 96.1 Å². The number of hydrogen-bond donors (Lipinski definition) is 2. The first-order valence-electron chi connectivity index (χ1n) is 18.9. The van der Waals surface area contributed by atoms with Gasteiger partial charge in [0.1, 0.15) is 27.4 Å². The van der Waals surface area contributed by atoms with E-state index in [-0.39, 0.29) is 59.9 Å². The molecule has 0 radical (unpaired) electrons. The van der Waals surface area contributed by atoms with Crippen molar-refractivity contribution in [2.45, 2.75) is 126 Å². The second-order valence-electron chi connectivity index (χ2n) is 13.3. The molecule has 0 unspecified atom stereocenters. The van der Waals surface area contributed by atoms with Crippen LogP contribution < -0.4 is 14.6 Å². The maximum atomic E-state index is 12.0. The molecule has 0 aliphatic rings. The van der Waals surface area contributed by atoms with Crippen molar-refractivity contribution >= 4 is 58.0 Å². The first-order valence-corrected chi connectivity index (χ1v) is 21.8. The quantitative estimate of drug-likeness (QED) is 0.0441. The summed E-state index contributed by atoms with van der Waals surface area (Å²) >= 11 is 0. The average molecular weight is 823 g/mol. The molecule has 2 N–H and O–H groups in total. The zero-order chi connectivity index (χ0) is 39.4. The summed E-state index contributed by atoms with van der Waals surface area (Å²) in [6.45, 7) is 4.41. The first-order chi connectivity index (χ1) is 25.8. The van der Waals surface area contributed by atoms with Gasteiger partial charge in [0.15, 0.2) is 11.5 Å². The Kier molecular flexibility index (Phi) is 22.3. The summed E-state index contributed by atoms with van der Waals surface area (Å²) in [6, 6.07) is 21.4. The molecule has 4 aromatic rings. The molecule has 0 heterocycles. The van der Waals surface area contributed by atoms with Crippen LogP contribution in [-0.4, -0.2) is 68.8 Å². The van der Waals surface area contributed by atoms with Crippen LogP contribution in [0.15, 0.2) is 94.7 Å². The van der Waals surface area contributed by atoms with Crippen LogP contribution >= 0.6 is 0 Å². The molecular formula is C42H54CaO10S2. The molecular weight excluding hydrogens is 769 g/mol. The third-order valence-electron chi connectivity index (χ3n) is 8.92. The van der Waals surface area contributed by atoms with Crippen LogP contribution in [0, 0.1) is 0 Å². The number of para-hydroxylation sites is 2. The molecule has 0 saturated heterocycles. The van der Waals surface area contributed by atoms with E-state index in [9.17, 15) is 36.2 Å². The molecule has 0 aliphatic carbocycles. The monoisotopic (exact) mass is 822 g/mol. The second-order valence-corrected chi connectivity index (χ2v) is 16.1. The minimum absolute atomic E-state index is 0. The van der Waals surface area contributed by atoms with E-state index in [4.69, 9.17) is 9.47 Å². The third-order valence-corrected chi connectivity index (χ3v) is 10.6. The third kappa shape index (κ3) is 17.9. The predicted molar refractivity (Wildman–Crippen MR) is 214 cm³/mol. The zero-order valence-corrected chi connectivity index (χ0v) is 35.9. The van der Waals surface area contributed by atoms with E-state index in [1.54, 1.807) is 18.2 Å². The zero-order valence-electron chi connectivity index (χ0n) is 32.1. The Morgan fingerprint density at radius 2 is 0.964 bits per heavy atom. The summed E-state index contributed by atoms with van der Waals surface area (Å²) in [6.07, 6.45) is 18.6. The summed E-state index contributed by atoms with van der Waals surface area (Å²) in [7, 11) is -9.00. The number of unbranched alkanes of at least 4 members (excludes halogenated alkanes) is 12. The fourth-order valence-electron chi connectivity index (χ4n) is 5.86. The Balaban J connectivity index is 0.000000373. The van der Waals surface area contributed by atoms with Gasteiger partial charge in [-0.3, -0.25) is 4.55 Å². The van der Waals surface area contributed by atoms with Crippen molar-refractivity contribution in [3.63, 3.8) is 0 Å². The van der Waals surface area contributed by atoms with Crippen LogP contribution in [0.3, 0.4) is 0 Å². The molecule has 0 bridgehead atoms. The Morgan fingerprint density at radius 3 is 1.44 bits per heavy atom. The summed E-state index contributed by atoms with van der Waals surface area (Å²) < 4.78 is 76.7. The topological polar surface area (TPSA) is 173 Å². The van der Waals surface area contributed by atoms with Gasteiger partial charge in [-0.1, -0.05) is 139 Å². The van der Waals surface area contributed by atoms with Crippen molar-refractivity contribution < 1.29 is 45.6 Å². The van der Waals surface area contributed by atoms with Gasteiger partial charge in [0.25, 0.3) is 10.1 Å². The van der Waals surface area contributed by atoms with Crippen LogP contribution in [-0.2, 0) is 33.1 Å². The second kappa shape index (κ2) is 25.4. The average Bonchev–Trinajstić information content (AvgIpc) is 3.13. The molecule has 13 heteroatoms. The number of ether oxygens (including phenoxy) is 2. The molecule has 4 rings (SSSR count). The first kappa shape index (κ1) is 48.3. The molecule has 0 spiro atoms. The molecule has 0 fully saturated rings. The van der Waals surface area contributed by atoms with Gasteiger partial charge in [-0.15, -0.1) is 0 Å². The van der Waals surface area contributed by atoms with E-state index in [0.717, 1.165) is 80.0 Å². The molecule has 296 valence electrons. The molecule has 0 atom stereocenters. The molecule has 55 heavy (non-hydrogen) atoms. The van der Waals surface area contributed by atoms with Gasteiger partial charge < -0.3 is 24.2 Å². The number of aryl methyl sites for hydroxylation is 2. The van der Waals surface area contributed by atoms with Gasteiger partial charge in [0.2, 0.25) is 0 Å². The van der Waals surface area contributed by atoms with E-state index >= 15 is 0 Å². The number of aromatic hydroxyl groups is 1. The summed E-state index contributed by atoms with van der Waals surface area (Å²) in [5.41, 5.74) is 1.96. The van der Waals surface area contributed by atoms with Crippen molar-refractivity contribution in [3.8, 4) is 34.5 Å². The van der Waals surface area contributed by atoms with Gasteiger partial charge in [-0.2, -0.15) is 8.42 Å². The summed E-state index contributed by atoms with van der Waals surface area (Å²) in [5.74, 6) is 0.282. The predicted octanol–water partition coefficient (Wildman–Crippen LogP) is 10.1. The maximum Gasteiger partial charge on any atom is 2.00 e. The smallest absolute Gasteiger partial charge is 0.870 e.